The molecule has 5 N–H and O–H groups in total. The first kappa shape index (κ1) is 14.2. The molecule has 2 heterocycles. The molecule has 0 aromatic carbocycles. The van der Waals surface area contributed by atoms with Gasteiger partial charge in [-0.05, 0) is 0 Å². The van der Waals surface area contributed by atoms with Crippen LogP contribution in [0.3, 0.4) is 0 Å². The van der Waals surface area contributed by atoms with Crippen molar-refractivity contribution in [1.82, 2.24) is 20.9 Å². The summed E-state index contributed by atoms with van der Waals surface area (Å²) in [5.41, 5.74) is 0. The molecule has 0 bridgehead atoms. The Labute approximate surface area is 117 Å². The average Bonchev–Trinajstić information content (AvgIpc) is 3.07. The van der Waals surface area contributed by atoms with Crippen LogP contribution >= 0.6 is 11.3 Å². The third kappa shape index (κ3) is 3.42. The standard InChI is InChI=1S/C10H13N5O4S/c16-4-6(8(18)15-10-11-1-2-20-10)13-7(17)5-3-12-9(19)14-5/h1-2,5-6,16H,3-4H2,(H,13,17)(H,11,15,18)(H2,12,14,19). The first-order valence-corrected chi connectivity index (χ1v) is 6.64. The molecule has 1 aliphatic rings. The van der Waals surface area contributed by atoms with E-state index in [0.717, 1.165) is 0 Å². The van der Waals surface area contributed by atoms with Crippen molar-refractivity contribution in [2.75, 3.05) is 18.5 Å². The lowest BCUT2D eigenvalue weighted by Crippen LogP contribution is -2.52. The van der Waals surface area contributed by atoms with Crippen molar-refractivity contribution in [1.29, 1.82) is 0 Å². The van der Waals surface area contributed by atoms with Gasteiger partial charge in [-0.3, -0.25) is 9.59 Å². The molecule has 0 radical (unpaired) electrons. The van der Waals surface area contributed by atoms with E-state index in [2.05, 4.69) is 26.3 Å². The third-order valence-electron chi connectivity index (χ3n) is 2.57. The van der Waals surface area contributed by atoms with Crippen LogP contribution in [0.4, 0.5) is 9.93 Å². The van der Waals surface area contributed by atoms with Gasteiger partial charge in [-0.25, -0.2) is 9.78 Å². The maximum atomic E-state index is 11.8. The second kappa shape index (κ2) is 6.30. The predicted molar refractivity (Wildman–Crippen MR) is 70.1 cm³/mol. The van der Waals surface area contributed by atoms with Crippen LogP contribution in [-0.2, 0) is 9.59 Å². The van der Waals surface area contributed by atoms with Crippen LogP contribution in [0.25, 0.3) is 0 Å². The molecule has 1 aliphatic heterocycles. The van der Waals surface area contributed by atoms with Gasteiger partial charge in [0.05, 0.1) is 6.61 Å². The van der Waals surface area contributed by atoms with Gasteiger partial charge in [0, 0.05) is 18.1 Å². The van der Waals surface area contributed by atoms with Crippen molar-refractivity contribution in [3.63, 3.8) is 0 Å². The number of thiazole rings is 1. The molecule has 108 valence electrons. The number of nitrogens with one attached hydrogen (secondary N) is 4. The van der Waals surface area contributed by atoms with E-state index in [1.165, 1.54) is 17.5 Å². The monoisotopic (exact) mass is 299 g/mol. The molecule has 0 saturated carbocycles. The Morgan fingerprint density at radius 3 is 2.95 bits per heavy atom. The number of rotatable bonds is 5. The van der Waals surface area contributed by atoms with Crippen LogP contribution in [0, 0.1) is 0 Å². The minimum absolute atomic E-state index is 0.136. The summed E-state index contributed by atoms with van der Waals surface area (Å²) in [7, 11) is 0. The summed E-state index contributed by atoms with van der Waals surface area (Å²) < 4.78 is 0. The van der Waals surface area contributed by atoms with Gasteiger partial charge < -0.3 is 26.4 Å². The van der Waals surface area contributed by atoms with Crippen molar-refractivity contribution in [2.24, 2.45) is 0 Å². The van der Waals surface area contributed by atoms with Gasteiger partial charge in [0.1, 0.15) is 12.1 Å². The molecular weight excluding hydrogens is 286 g/mol. The highest BCUT2D eigenvalue weighted by Gasteiger charge is 2.30. The largest absolute Gasteiger partial charge is 0.394 e. The van der Waals surface area contributed by atoms with E-state index in [9.17, 15) is 19.5 Å². The summed E-state index contributed by atoms with van der Waals surface area (Å²) in [4.78, 5) is 38.4. The van der Waals surface area contributed by atoms with Crippen LogP contribution in [0.15, 0.2) is 11.6 Å². The molecule has 2 rings (SSSR count). The van der Waals surface area contributed by atoms with Gasteiger partial charge in [-0.1, -0.05) is 0 Å². The SMILES string of the molecule is O=C1NCC(C(=O)NC(CO)C(=O)Nc2nccs2)N1. The van der Waals surface area contributed by atoms with Crippen LogP contribution in [-0.4, -0.2) is 53.2 Å². The molecule has 0 aliphatic carbocycles. The number of aromatic nitrogens is 1. The molecule has 9 nitrogen and oxygen atoms in total. The molecule has 1 aromatic heterocycles. The Morgan fingerprint density at radius 1 is 1.60 bits per heavy atom. The zero-order valence-corrected chi connectivity index (χ0v) is 11.1. The van der Waals surface area contributed by atoms with Crippen LogP contribution in [0.1, 0.15) is 0 Å². The lowest BCUT2D eigenvalue weighted by Gasteiger charge is -2.17. The molecule has 2 unspecified atom stereocenters. The van der Waals surface area contributed by atoms with Gasteiger partial charge in [-0.15, -0.1) is 11.3 Å². The van der Waals surface area contributed by atoms with Crippen molar-refractivity contribution in [2.45, 2.75) is 12.1 Å². The number of hydrogen-bond donors (Lipinski definition) is 5. The summed E-state index contributed by atoms with van der Waals surface area (Å²) >= 11 is 1.22. The first-order valence-electron chi connectivity index (χ1n) is 5.76. The second-order valence-electron chi connectivity index (χ2n) is 3.98. The maximum Gasteiger partial charge on any atom is 0.315 e. The lowest BCUT2D eigenvalue weighted by molar-refractivity contribution is -0.128. The Bertz CT molecular complexity index is 506. The number of nitrogens with zero attached hydrogens (tertiary/aromatic N) is 1. The van der Waals surface area contributed by atoms with Crippen molar-refractivity contribution in [3.05, 3.63) is 11.6 Å². The number of hydrogen-bond acceptors (Lipinski definition) is 6. The Hall–Kier alpha value is -2.20. The highest BCUT2D eigenvalue weighted by atomic mass is 32.1. The average molecular weight is 299 g/mol. The molecule has 10 heteroatoms. The number of urea groups is 1. The predicted octanol–water partition coefficient (Wildman–Crippen LogP) is -1.76. The van der Waals surface area contributed by atoms with E-state index >= 15 is 0 Å². The van der Waals surface area contributed by atoms with E-state index in [1.807, 2.05) is 0 Å². The summed E-state index contributed by atoms with van der Waals surface area (Å²) in [6, 6.07) is -2.31. The normalized spacial score (nSPS) is 18.9. The number of amides is 4. The van der Waals surface area contributed by atoms with E-state index in [1.54, 1.807) is 5.38 Å². The van der Waals surface area contributed by atoms with Gasteiger partial charge >= 0.3 is 6.03 Å². The van der Waals surface area contributed by atoms with Crippen LogP contribution < -0.4 is 21.3 Å². The summed E-state index contributed by atoms with van der Waals surface area (Å²) in [5.74, 6) is -1.12. The third-order valence-corrected chi connectivity index (χ3v) is 3.26. The number of aliphatic hydroxyl groups is 1. The summed E-state index contributed by atoms with van der Waals surface area (Å²) in [6.07, 6.45) is 1.52. The zero-order chi connectivity index (χ0) is 14.5. The smallest absolute Gasteiger partial charge is 0.315 e. The molecule has 1 fully saturated rings. The lowest BCUT2D eigenvalue weighted by atomic mass is 10.2. The summed E-state index contributed by atoms with van der Waals surface area (Å²) in [5, 5.41) is 20.9. The molecule has 2 atom stereocenters. The van der Waals surface area contributed by atoms with E-state index in [0.29, 0.717) is 5.13 Å². The highest BCUT2D eigenvalue weighted by molar-refractivity contribution is 7.13. The molecular formula is C10H13N5O4S. The van der Waals surface area contributed by atoms with Crippen molar-refractivity contribution < 1.29 is 19.5 Å². The van der Waals surface area contributed by atoms with Crippen molar-refractivity contribution in [3.8, 4) is 0 Å². The van der Waals surface area contributed by atoms with Crippen molar-refractivity contribution >= 4 is 34.3 Å². The second-order valence-corrected chi connectivity index (χ2v) is 4.87. The fourth-order valence-corrected chi connectivity index (χ4v) is 2.09. The number of anilines is 1. The van der Waals surface area contributed by atoms with Gasteiger partial charge in [0.2, 0.25) is 5.91 Å². The first-order chi connectivity index (χ1) is 9.60. The topological polar surface area (TPSA) is 132 Å². The van der Waals surface area contributed by atoms with Gasteiger partial charge in [0.25, 0.3) is 5.91 Å². The minimum atomic E-state index is -1.11. The van der Waals surface area contributed by atoms with E-state index < -0.39 is 36.5 Å². The summed E-state index contributed by atoms with van der Waals surface area (Å²) in [6.45, 7) is -0.423. The molecule has 1 aromatic rings. The Morgan fingerprint density at radius 2 is 2.40 bits per heavy atom. The highest BCUT2D eigenvalue weighted by Crippen LogP contribution is 2.10. The molecule has 0 spiro atoms. The van der Waals surface area contributed by atoms with Gasteiger partial charge in [-0.2, -0.15) is 0 Å². The van der Waals surface area contributed by atoms with E-state index in [4.69, 9.17) is 0 Å². The zero-order valence-electron chi connectivity index (χ0n) is 10.3. The number of aliphatic hydroxyl groups excluding tert-OH is 1. The van der Waals surface area contributed by atoms with Crippen LogP contribution in [0.2, 0.25) is 0 Å². The number of carbonyl (C=O) groups is 3. The Balaban J connectivity index is 1.89. The maximum absolute atomic E-state index is 11.8. The molecule has 1 saturated heterocycles. The molecule has 4 amide bonds. The minimum Gasteiger partial charge on any atom is -0.394 e. The van der Waals surface area contributed by atoms with E-state index in [-0.39, 0.29) is 6.54 Å². The Kier molecular flexibility index (Phi) is 4.48. The molecule has 20 heavy (non-hydrogen) atoms. The van der Waals surface area contributed by atoms with Gasteiger partial charge in [0.15, 0.2) is 5.13 Å². The number of carbonyl (C=O) groups excluding carboxylic acids is 3. The fourth-order valence-electron chi connectivity index (χ4n) is 1.56. The quantitative estimate of drug-likeness (QED) is 0.439. The van der Waals surface area contributed by atoms with Crippen LogP contribution in [0.5, 0.6) is 0 Å². The fraction of sp³-hybridized carbons (Fsp3) is 0.400.